The van der Waals surface area contributed by atoms with E-state index in [0.717, 1.165) is 28.5 Å². The van der Waals surface area contributed by atoms with Crippen LogP contribution in [0.5, 0.6) is 0 Å². The maximum atomic E-state index is 12.6. The van der Waals surface area contributed by atoms with Crippen LogP contribution in [0.2, 0.25) is 0 Å². The number of hydrogen-bond donors (Lipinski definition) is 0. The van der Waals surface area contributed by atoms with Crippen molar-refractivity contribution in [2.45, 2.75) is 11.6 Å². The molecule has 0 spiro atoms. The van der Waals surface area contributed by atoms with Gasteiger partial charge in [-0.2, -0.15) is 0 Å². The maximum Gasteiger partial charge on any atom is 0.191 e. The van der Waals surface area contributed by atoms with Crippen LogP contribution in [0.25, 0.3) is 11.1 Å². The summed E-state index contributed by atoms with van der Waals surface area (Å²) in [7, 11) is 1.94. The topological polar surface area (TPSA) is 47.8 Å². The standard InChI is InChI=1S/C24H21N3OS/c1-27-23(16-18-8-4-2-5-9-18)25-26-24(27)29-17-22(28)21-14-12-20(13-15-21)19-10-6-3-7-11-19/h2-15H,16-17H2,1H3. The highest BCUT2D eigenvalue weighted by atomic mass is 32.2. The molecule has 0 unspecified atom stereocenters. The molecule has 1 heterocycles. The Kier molecular flexibility index (Phi) is 5.86. The smallest absolute Gasteiger partial charge is 0.191 e. The average molecular weight is 400 g/mol. The Bertz CT molecular complexity index is 1090. The van der Waals surface area contributed by atoms with E-state index in [1.165, 1.54) is 17.3 Å². The molecular weight excluding hydrogens is 378 g/mol. The second-order valence-electron chi connectivity index (χ2n) is 6.78. The number of carbonyl (C=O) groups is 1. The minimum atomic E-state index is 0.0854. The molecule has 0 saturated carbocycles. The Labute approximate surface area is 174 Å². The van der Waals surface area contributed by atoms with Gasteiger partial charge in [0.05, 0.1) is 5.75 Å². The van der Waals surface area contributed by atoms with E-state index in [1.807, 2.05) is 72.3 Å². The Hall–Kier alpha value is -3.18. The number of aromatic nitrogens is 3. The van der Waals surface area contributed by atoms with Crippen molar-refractivity contribution in [3.63, 3.8) is 0 Å². The number of thioether (sulfide) groups is 1. The summed E-state index contributed by atoms with van der Waals surface area (Å²) in [6.07, 6.45) is 0.722. The van der Waals surface area contributed by atoms with Gasteiger partial charge in [0, 0.05) is 19.0 Å². The zero-order chi connectivity index (χ0) is 20.1. The van der Waals surface area contributed by atoms with Gasteiger partial charge in [-0.1, -0.05) is 96.7 Å². The zero-order valence-electron chi connectivity index (χ0n) is 16.2. The van der Waals surface area contributed by atoms with E-state index < -0.39 is 0 Å². The van der Waals surface area contributed by atoms with Crippen LogP contribution in [0.4, 0.5) is 0 Å². The van der Waals surface area contributed by atoms with Gasteiger partial charge >= 0.3 is 0 Å². The zero-order valence-corrected chi connectivity index (χ0v) is 17.0. The fourth-order valence-corrected chi connectivity index (χ4v) is 3.92. The van der Waals surface area contributed by atoms with Crippen molar-refractivity contribution in [3.8, 4) is 11.1 Å². The third-order valence-corrected chi connectivity index (χ3v) is 5.80. The summed E-state index contributed by atoms with van der Waals surface area (Å²) in [5, 5.41) is 9.30. The molecule has 29 heavy (non-hydrogen) atoms. The maximum absolute atomic E-state index is 12.6. The molecule has 4 nitrogen and oxygen atoms in total. The van der Waals surface area contributed by atoms with Crippen molar-refractivity contribution in [1.82, 2.24) is 14.8 Å². The quantitative estimate of drug-likeness (QED) is 0.322. The van der Waals surface area contributed by atoms with Crippen molar-refractivity contribution < 1.29 is 4.79 Å². The molecule has 0 amide bonds. The normalized spacial score (nSPS) is 10.8. The highest BCUT2D eigenvalue weighted by Gasteiger charge is 2.13. The van der Waals surface area contributed by atoms with E-state index in [1.54, 1.807) is 0 Å². The largest absolute Gasteiger partial charge is 0.309 e. The summed E-state index contributed by atoms with van der Waals surface area (Å²) < 4.78 is 1.96. The second kappa shape index (κ2) is 8.88. The van der Waals surface area contributed by atoms with E-state index in [0.29, 0.717) is 11.3 Å². The van der Waals surface area contributed by atoms with E-state index in [-0.39, 0.29) is 5.78 Å². The molecule has 0 N–H and O–H groups in total. The molecule has 0 bridgehead atoms. The van der Waals surface area contributed by atoms with Gasteiger partial charge in [-0.25, -0.2) is 0 Å². The van der Waals surface area contributed by atoms with Gasteiger partial charge in [0.1, 0.15) is 5.82 Å². The molecule has 1 aromatic heterocycles. The van der Waals surface area contributed by atoms with Gasteiger partial charge < -0.3 is 4.57 Å². The summed E-state index contributed by atoms with van der Waals surface area (Å²) in [5.74, 6) is 1.31. The van der Waals surface area contributed by atoms with Gasteiger partial charge in [0.25, 0.3) is 0 Å². The Morgan fingerprint density at radius 1 is 0.828 bits per heavy atom. The second-order valence-corrected chi connectivity index (χ2v) is 7.72. The monoisotopic (exact) mass is 399 g/mol. The molecule has 4 aromatic rings. The van der Waals surface area contributed by atoms with Crippen LogP contribution in [-0.4, -0.2) is 26.3 Å². The number of hydrogen-bond acceptors (Lipinski definition) is 4. The number of ketones is 1. The van der Waals surface area contributed by atoms with Crippen molar-refractivity contribution in [3.05, 3.63) is 102 Å². The molecule has 0 radical (unpaired) electrons. The molecule has 0 aliphatic carbocycles. The van der Waals surface area contributed by atoms with E-state index in [2.05, 4.69) is 34.5 Å². The van der Waals surface area contributed by atoms with E-state index >= 15 is 0 Å². The number of Topliss-reactive ketones (excluding diaryl/α,β-unsaturated/α-hetero) is 1. The highest BCUT2D eigenvalue weighted by Crippen LogP contribution is 2.22. The fraction of sp³-hybridized carbons (Fsp3) is 0.125. The first-order valence-corrected chi connectivity index (χ1v) is 10.4. The predicted octanol–water partition coefficient (Wildman–Crippen LogP) is 5.05. The van der Waals surface area contributed by atoms with Crippen molar-refractivity contribution >= 4 is 17.5 Å². The van der Waals surface area contributed by atoms with Gasteiger partial charge in [-0.3, -0.25) is 4.79 Å². The van der Waals surface area contributed by atoms with E-state index in [4.69, 9.17) is 0 Å². The Morgan fingerprint density at radius 2 is 1.45 bits per heavy atom. The Morgan fingerprint density at radius 3 is 2.14 bits per heavy atom. The summed E-state index contributed by atoms with van der Waals surface area (Å²) in [6, 6.07) is 28.1. The molecule has 0 fully saturated rings. The lowest BCUT2D eigenvalue weighted by atomic mass is 10.0. The lowest BCUT2D eigenvalue weighted by Gasteiger charge is -2.05. The number of carbonyl (C=O) groups excluding carboxylic acids is 1. The van der Waals surface area contributed by atoms with Gasteiger partial charge in [0.15, 0.2) is 10.9 Å². The lowest BCUT2D eigenvalue weighted by Crippen LogP contribution is -2.05. The number of rotatable bonds is 7. The van der Waals surface area contributed by atoms with Crippen molar-refractivity contribution in [2.24, 2.45) is 7.05 Å². The molecule has 5 heteroatoms. The summed E-state index contributed by atoms with van der Waals surface area (Å²) in [4.78, 5) is 12.6. The average Bonchev–Trinajstić information content (AvgIpc) is 3.12. The number of benzene rings is 3. The molecular formula is C24H21N3OS. The first kappa shape index (κ1) is 19.2. The van der Waals surface area contributed by atoms with Gasteiger partial charge in [-0.15, -0.1) is 10.2 Å². The molecule has 3 aromatic carbocycles. The number of nitrogens with zero attached hydrogens (tertiary/aromatic N) is 3. The van der Waals surface area contributed by atoms with Crippen LogP contribution in [0.3, 0.4) is 0 Å². The van der Waals surface area contributed by atoms with Crippen LogP contribution in [0.15, 0.2) is 90.1 Å². The highest BCUT2D eigenvalue weighted by molar-refractivity contribution is 7.99. The van der Waals surface area contributed by atoms with Crippen LogP contribution >= 0.6 is 11.8 Å². The molecule has 0 saturated heterocycles. The van der Waals surface area contributed by atoms with Crippen molar-refractivity contribution in [2.75, 3.05) is 5.75 Å². The molecule has 4 rings (SSSR count). The van der Waals surface area contributed by atoms with E-state index in [9.17, 15) is 4.79 Å². The summed E-state index contributed by atoms with van der Waals surface area (Å²) >= 11 is 1.42. The fourth-order valence-electron chi connectivity index (χ4n) is 3.10. The van der Waals surface area contributed by atoms with Gasteiger partial charge in [-0.05, 0) is 16.7 Å². The first-order chi connectivity index (χ1) is 14.2. The van der Waals surface area contributed by atoms with Crippen LogP contribution < -0.4 is 0 Å². The lowest BCUT2D eigenvalue weighted by molar-refractivity contribution is 0.102. The first-order valence-electron chi connectivity index (χ1n) is 9.44. The SMILES string of the molecule is Cn1c(Cc2ccccc2)nnc1SCC(=O)c1ccc(-c2ccccc2)cc1. The third kappa shape index (κ3) is 4.63. The van der Waals surface area contributed by atoms with Crippen molar-refractivity contribution in [1.29, 1.82) is 0 Å². The summed E-state index contributed by atoms with van der Waals surface area (Å²) in [6.45, 7) is 0. The molecule has 144 valence electrons. The predicted molar refractivity (Wildman–Crippen MR) is 117 cm³/mol. The molecule has 0 aliphatic heterocycles. The van der Waals surface area contributed by atoms with Crippen LogP contribution in [0.1, 0.15) is 21.7 Å². The van der Waals surface area contributed by atoms with Crippen LogP contribution in [-0.2, 0) is 13.5 Å². The minimum absolute atomic E-state index is 0.0854. The Balaban J connectivity index is 1.38. The van der Waals surface area contributed by atoms with Crippen LogP contribution in [0, 0.1) is 0 Å². The minimum Gasteiger partial charge on any atom is -0.309 e. The van der Waals surface area contributed by atoms with Gasteiger partial charge in [0.2, 0.25) is 0 Å². The molecule has 0 atom stereocenters. The third-order valence-electron chi connectivity index (χ3n) is 4.78. The molecule has 0 aliphatic rings. The summed E-state index contributed by atoms with van der Waals surface area (Å²) in [5.41, 5.74) is 4.15.